The molecule has 4 N–H and O–H groups in total. The van der Waals surface area contributed by atoms with E-state index in [0.717, 1.165) is 16.5 Å². The second kappa shape index (κ2) is 5.66. The van der Waals surface area contributed by atoms with Crippen LogP contribution in [0.2, 0.25) is 0 Å². The molecule has 0 radical (unpaired) electrons. The van der Waals surface area contributed by atoms with Crippen LogP contribution in [-0.2, 0) is 16.0 Å². The lowest BCUT2D eigenvalue weighted by Crippen LogP contribution is -2.34. The molecule has 2 rings (SSSR count). The van der Waals surface area contributed by atoms with Gasteiger partial charge in [-0.3, -0.25) is 4.79 Å². The fraction of sp³-hybridized carbons (Fsp3) is 0.308. The number of hydrogen-bond acceptors (Lipinski definition) is 4. The number of nitrogens with one attached hydrogen (secondary N) is 1. The van der Waals surface area contributed by atoms with Crippen LogP contribution in [0.1, 0.15) is 5.56 Å². The van der Waals surface area contributed by atoms with E-state index >= 15 is 0 Å². The van der Waals surface area contributed by atoms with Crippen LogP contribution in [0.3, 0.4) is 0 Å². The summed E-state index contributed by atoms with van der Waals surface area (Å²) in [5.74, 6) is -0.491. The monoisotopic (exact) mass is 248 g/mol. The molecule has 0 saturated heterocycles. The van der Waals surface area contributed by atoms with E-state index in [1.165, 1.54) is 0 Å². The lowest BCUT2D eigenvalue weighted by atomic mass is 10.1. The van der Waals surface area contributed by atoms with E-state index in [9.17, 15) is 4.79 Å². The number of H-pyrrole nitrogens is 1. The van der Waals surface area contributed by atoms with E-state index in [1.807, 2.05) is 30.5 Å². The summed E-state index contributed by atoms with van der Waals surface area (Å²) in [5.41, 5.74) is 7.77. The van der Waals surface area contributed by atoms with E-state index in [0.29, 0.717) is 6.42 Å². The van der Waals surface area contributed by atoms with E-state index in [2.05, 4.69) is 4.98 Å². The summed E-state index contributed by atoms with van der Waals surface area (Å²) >= 11 is 0. The van der Waals surface area contributed by atoms with E-state index in [1.54, 1.807) is 0 Å². The van der Waals surface area contributed by atoms with Gasteiger partial charge in [-0.05, 0) is 11.6 Å². The van der Waals surface area contributed by atoms with Crippen molar-refractivity contribution < 1.29 is 14.6 Å². The molecule has 1 unspecified atom stereocenters. The molecule has 1 atom stereocenters. The van der Waals surface area contributed by atoms with E-state index in [4.69, 9.17) is 15.6 Å². The highest BCUT2D eigenvalue weighted by Crippen LogP contribution is 2.18. The third-order valence-corrected chi connectivity index (χ3v) is 2.75. The number of aromatic amines is 1. The van der Waals surface area contributed by atoms with E-state index in [-0.39, 0.29) is 13.2 Å². The van der Waals surface area contributed by atoms with Crippen LogP contribution >= 0.6 is 0 Å². The Kier molecular flexibility index (Phi) is 3.96. The Morgan fingerprint density at radius 3 is 3.00 bits per heavy atom. The van der Waals surface area contributed by atoms with Crippen molar-refractivity contribution in [2.75, 3.05) is 13.2 Å². The van der Waals surface area contributed by atoms with Gasteiger partial charge in [-0.2, -0.15) is 0 Å². The molecule has 1 heterocycles. The Labute approximate surface area is 105 Å². The van der Waals surface area contributed by atoms with Gasteiger partial charge < -0.3 is 20.6 Å². The minimum Gasteiger partial charge on any atom is -0.462 e. The lowest BCUT2D eigenvalue weighted by Gasteiger charge is -2.10. The third-order valence-electron chi connectivity index (χ3n) is 2.75. The molecule has 0 aliphatic heterocycles. The highest BCUT2D eigenvalue weighted by atomic mass is 16.5. The maximum atomic E-state index is 11.5. The van der Waals surface area contributed by atoms with Gasteiger partial charge in [-0.25, -0.2) is 0 Å². The summed E-state index contributed by atoms with van der Waals surface area (Å²) in [6.45, 7) is -0.202. The van der Waals surface area contributed by atoms with Crippen molar-refractivity contribution in [3.05, 3.63) is 36.0 Å². The first-order chi connectivity index (χ1) is 8.72. The number of esters is 1. The van der Waals surface area contributed by atoms with E-state index < -0.39 is 12.0 Å². The second-order valence-electron chi connectivity index (χ2n) is 4.06. The van der Waals surface area contributed by atoms with Gasteiger partial charge in [0.2, 0.25) is 0 Å². The molecular formula is C13H16N2O3. The summed E-state index contributed by atoms with van der Waals surface area (Å²) in [4.78, 5) is 14.6. The second-order valence-corrected chi connectivity index (χ2v) is 4.06. The zero-order valence-corrected chi connectivity index (χ0v) is 9.93. The number of ether oxygens (including phenoxy) is 1. The van der Waals surface area contributed by atoms with Gasteiger partial charge in [0, 0.05) is 23.5 Å². The summed E-state index contributed by atoms with van der Waals surface area (Å²) < 4.78 is 4.79. The Bertz CT molecular complexity index is 536. The third kappa shape index (κ3) is 2.69. The SMILES string of the molecule is NC(Cc1c[nH]c2ccccc12)C(=O)OCCO. The Balaban J connectivity index is 2.07. The highest BCUT2D eigenvalue weighted by Gasteiger charge is 2.17. The first-order valence-electron chi connectivity index (χ1n) is 5.80. The van der Waals surface area contributed by atoms with Crippen LogP contribution in [0.5, 0.6) is 0 Å². The normalized spacial score (nSPS) is 12.6. The molecule has 1 aromatic heterocycles. The van der Waals surface area contributed by atoms with Crippen molar-refractivity contribution in [2.45, 2.75) is 12.5 Å². The van der Waals surface area contributed by atoms with Crippen molar-refractivity contribution in [1.29, 1.82) is 0 Å². The standard InChI is InChI=1S/C13H16N2O3/c14-11(13(17)18-6-5-16)7-9-8-15-12-4-2-1-3-10(9)12/h1-4,8,11,15-16H,5-7,14H2. The van der Waals surface area contributed by atoms with Gasteiger partial charge in [0.15, 0.2) is 0 Å². The molecule has 5 nitrogen and oxygen atoms in total. The van der Waals surface area contributed by atoms with Crippen molar-refractivity contribution in [3.63, 3.8) is 0 Å². The summed E-state index contributed by atoms with van der Waals surface area (Å²) in [6.07, 6.45) is 2.26. The quantitative estimate of drug-likeness (QED) is 0.675. The smallest absolute Gasteiger partial charge is 0.323 e. The molecule has 2 aromatic rings. The zero-order chi connectivity index (χ0) is 13.0. The number of fused-ring (bicyclic) bond motifs is 1. The number of rotatable bonds is 5. The van der Waals surface area contributed by atoms with Crippen LogP contribution in [0.15, 0.2) is 30.5 Å². The minimum atomic E-state index is -0.712. The maximum absolute atomic E-state index is 11.5. The number of aliphatic hydroxyl groups excluding tert-OH is 1. The van der Waals surface area contributed by atoms with Gasteiger partial charge >= 0.3 is 5.97 Å². The molecule has 1 aromatic carbocycles. The van der Waals surface area contributed by atoms with Gasteiger partial charge in [-0.15, -0.1) is 0 Å². The van der Waals surface area contributed by atoms with Gasteiger partial charge in [0.1, 0.15) is 12.6 Å². The fourth-order valence-electron chi connectivity index (χ4n) is 1.87. The van der Waals surface area contributed by atoms with Gasteiger partial charge in [-0.1, -0.05) is 18.2 Å². The molecule has 0 bridgehead atoms. The van der Waals surface area contributed by atoms with Crippen LogP contribution in [0.4, 0.5) is 0 Å². The lowest BCUT2D eigenvalue weighted by molar-refractivity contribution is -0.146. The molecule has 0 aliphatic rings. The maximum Gasteiger partial charge on any atom is 0.323 e. The number of carbonyl (C=O) groups excluding carboxylic acids is 1. The zero-order valence-electron chi connectivity index (χ0n) is 9.93. The summed E-state index contributed by atoms with van der Waals surface area (Å²) in [6, 6.07) is 7.12. The van der Waals surface area contributed by atoms with Crippen LogP contribution in [0, 0.1) is 0 Å². The first kappa shape index (κ1) is 12.6. The van der Waals surface area contributed by atoms with Crippen LogP contribution in [-0.4, -0.2) is 35.3 Å². The van der Waals surface area contributed by atoms with Gasteiger partial charge in [0.25, 0.3) is 0 Å². The Hall–Kier alpha value is -1.85. The van der Waals surface area contributed by atoms with Gasteiger partial charge in [0.05, 0.1) is 6.61 Å². The summed E-state index contributed by atoms with van der Waals surface area (Å²) in [7, 11) is 0. The number of nitrogens with two attached hydrogens (primary N) is 1. The van der Waals surface area contributed by atoms with Crippen LogP contribution < -0.4 is 5.73 Å². The average Bonchev–Trinajstić information content (AvgIpc) is 2.79. The molecule has 0 spiro atoms. The molecule has 0 fully saturated rings. The highest BCUT2D eigenvalue weighted by molar-refractivity contribution is 5.84. The van der Waals surface area contributed by atoms with Crippen molar-refractivity contribution >= 4 is 16.9 Å². The molecule has 0 aliphatic carbocycles. The predicted octanol–water partition coefficient (Wildman–Crippen LogP) is 0.573. The molecular weight excluding hydrogens is 232 g/mol. The number of benzene rings is 1. The number of aliphatic hydroxyl groups is 1. The number of carbonyl (C=O) groups is 1. The average molecular weight is 248 g/mol. The number of hydrogen-bond donors (Lipinski definition) is 3. The molecule has 0 saturated carbocycles. The molecule has 0 amide bonds. The van der Waals surface area contributed by atoms with Crippen molar-refractivity contribution in [3.8, 4) is 0 Å². The largest absolute Gasteiger partial charge is 0.462 e. The Morgan fingerprint density at radius 1 is 1.44 bits per heavy atom. The number of aromatic nitrogens is 1. The topological polar surface area (TPSA) is 88.3 Å². The first-order valence-corrected chi connectivity index (χ1v) is 5.80. The fourth-order valence-corrected chi connectivity index (χ4v) is 1.87. The predicted molar refractivity (Wildman–Crippen MR) is 68.0 cm³/mol. The molecule has 18 heavy (non-hydrogen) atoms. The number of para-hydroxylation sites is 1. The Morgan fingerprint density at radius 2 is 2.22 bits per heavy atom. The molecule has 5 heteroatoms. The molecule has 96 valence electrons. The summed E-state index contributed by atoms with van der Waals surface area (Å²) in [5, 5.41) is 9.63. The van der Waals surface area contributed by atoms with Crippen molar-refractivity contribution in [2.24, 2.45) is 5.73 Å². The van der Waals surface area contributed by atoms with Crippen LogP contribution in [0.25, 0.3) is 10.9 Å². The minimum absolute atomic E-state index is 0.0135. The van der Waals surface area contributed by atoms with Crippen molar-refractivity contribution in [1.82, 2.24) is 4.98 Å².